The van der Waals surface area contributed by atoms with Crippen LogP contribution in [0.3, 0.4) is 0 Å². The van der Waals surface area contributed by atoms with E-state index in [4.69, 9.17) is 18.6 Å². The van der Waals surface area contributed by atoms with Crippen LogP contribution < -0.4 is 11.1 Å². The molecule has 0 radical (unpaired) electrons. The molecule has 1 aromatic carbocycles. The Labute approximate surface area is 164 Å². The highest BCUT2D eigenvalue weighted by Gasteiger charge is 2.32. The average molecular weight is 385 g/mol. The number of ether oxygens (including phenoxy) is 1. The van der Waals surface area contributed by atoms with E-state index in [1.807, 2.05) is 24.3 Å². The Kier molecular flexibility index (Phi) is 4.85. The van der Waals surface area contributed by atoms with Gasteiger partial charge in [0, 0.05) is 7.12 Å². The molecule has 7 heteroatoms. The number of imidazole rings is 1. The third-order valence-electron chi connectivity index (χ3n) is 5.41. The molecule has 2 aromatic heterocycles. The van der Waals surface area contributed by atoms with Crippen LogP contribution in [0, 0.1) is 12.8 Å². The summed E-state index contributed by atoms with van der Waals surface area (Å²) < 4.78 is 18.5. The maximum absolute atomic E-state index is 11.4. The van der Waals surface area contributed by atoms with Crippen LogP contribution in [0.2, 0.25) is 0 Å². The van der Waals surface area contributed by atoms with Crippen LogP contribution in [-0.2, 0) is 11.3 Å². The number of aromatic nitrogens is 2. The van der Waals surface area contributed by atoms with Gasteiger partial charge in [-0.2, -0.15) is 0 Å². The minimum Gasteiger partial charge on any atom is -0.396 e. The van der Waals surface area contributed by atoms with Gasteiger partial charge in [-0.1, -0.05) is 32.9 Å². The lowest BCUT2D eigenvalue weighted by atomic mass is 9.96. The smallest absolute Gasteiger partial charge is 0.396 e. The van der Waals surface area contributed by atoms with E-state index in [-0.39, 0.29) is 14.3 Å². The van der Waals surface area contributed by atoms with Crippen molar-refractivity contribution < 1.29 is 15.0 Å². The summed E-state index contributed by atoms with van der Waals surface area (Å²) >= 11 is 0. The first-order chi connectivity index (χ1) is 13.5. The monoisotopic (exact) mass is 385 g/mol. The molecule has 0 saturated heterocycles. The number of nitrogens with zero attached hydrogens (tertiary/aromatic N) is 2. The lowest BCUT2D eigenvalue weighted by molar-refractivity contribution is 0.00663. The van der Waals surface area contributed by atoms with Gasteiger partial charge >= 0.3 is 5.82 Å². The van der Waals surface area contributed by atoms with Gasteiger partial charge < -0.3 is 18.9 Å². The van der Waals surface area contributed by atoms with Gasteiger partial charge in [-0.15, -0.1) is 0 Å². The fourth-order valence-electron chi connectivity index (χ4n) is 3.70. The van der Waals surface area contributed by atoms with Crippen molar-refractivity contribution in [2.45, 2.75) is 53.4 Å². The van der Waals surface area contributed by atoms with Crippen molar-refractivity contribution in [2.24, 2.45) is 5.92 Å². The number of allylic oxidation sites excluding steroid dienone is 1. The predicted octanol–water partition coefficient (Wildman–Crippen LogP) is 4.99. The second-order valence-electron chi connectivity index (χ2n) is 7.12. The van der Waals surface area contributed by atoms with Crippen LogP contribution in [0.25, 0.3) is 11.0 Å². The topological polar surface area (TPSA) is 82.4 Å². The Morgan fingerprint density at radius 1 is 1.32 bits per heavy atom. The average Bonchev–Trinajstić information content (AvgIpc) is 3.23. The van der Waals surface area contributed by atoms with E-state index in [0.717, 1.165) is 35.5 Å². The summed E-state index contributed by atoms with van der Waals surface area (Å²) in [7, 11) is 0. The van der Waals surface area contributed by atoms with Gasteiger partial charge in [-0.05, 0) is 43.4 Å². The number of aryl methyl sites for hydroxylation is 1. The van der Waals surface area contributed by atoms with Gasteiger partial charge in [-0.3, -0.25) is 4.57 Å². The molecule has 1 aliphatic rings. The van der Waals surface area contributed by atoms with Crippen molar-refractivity contribution in [1.82, 2.24) is 9.55 Å². The molecule has 1 aliphatic heterocycles. The van der Waals surface area contributed by atoms with Crippen LogP contribution in [0.5, 0.6) is 0 Å². The van der Waals surface area contributed by atoms with Gasteiger partial charge in [0.05, 0.1) is 11.0 Å². The van der Waals surface area contributed by atoms with E-state index in [1.165, 1.54) is 5.57 Å². The van der Waals surface area contributed by atoms with E-state index in [9.17, 15) is 4.79 Å². The van der Waals surface area contributed by atoms with E-state index >= 15 is 0 Å². The normalized spacial score (nSPS) is 17.6. The summed E-state index contributed by atoms with van der Waals surface area (Å²) in [5.74, 6) is 1.27. The number of hydrogen-bond donors (Lipinski definition) is 1. The number of para-hydroxylation sites is 2. The summed E-state index contributed by atoms with van der Waals surface area (Å²) in [5, 5.41) is 3.54. The van der Waals surface area contributed by atoms with E-state index < -0.39 is 5.82 Å². The van der Waals surface area contributed by atoms with E-state index in [0.29, 0.717) is 17.4 Å². The Balaban J connectivity index is 0.00000240. The summed E-state index contributed by atoms with van der Waals surface area (Å²) in [6.45, 7) is 8.34. The van der Waals surface area contributed by atoms with E-state index in [1.54, 1.807) is 6.92 Å². The highest BCUT2D eigenvalue weighted by Crippen LogP contribution is 2.40. The van der Waals surface area contributed by atoms with Crippen LogP contribution in [-0.4, -0.2) is 9.55 Å². The highest BCUT2D eigenvalue weighted by molar-refractivity contribution is 5.80. The minimum absolute atomic E-state index is 0. The van der Waals surface area contributed by atoms with Gasteiger partial charge in [0.2, 0.25) is 5.95 Å². The maximum atomic E-state index is 11.4. The van der Waals surface area contributed by atoms with Crippen molar-refractivity contribution in [3.8, 4) is 0 Å². The lowest BCUT2D eigenvalue weighted by Crippen LogP contribution is -2.28. The van der Waals surface area contributed by atoms with Crippen molar-refractivity contribution in [1.29, 1.82) is 0 Å². The molecule has 3 aromatic rings. The van der Waals surface area contributed by atoms with Gasteiger partial charge in [-0.25, -0.2) is 9.78 Å². The number of hydrogen-bond acceptors (Lipinski definition) is 6. The highest BCUT2D eigenvalue weighted by atomic mass is 16.6. The zero-order valence-electron chi connectivity index (χ0n) is 16.6. The third-order valence-corrected chi connectivity index (χ3v) is 5.41. The Morgan fingerprint density at radius 2 is 2.11 bits per heavy atom. The first-order valence-corrected chi connectivity index (χ1v) is 9.71. The first-order valence-electron chi connectivity index (χ1n) is 9.71. The molecular formula is C21H27N3O4. The molecule has 2 atom stereocenters. The second kappa shape index (κ2) is 7.31. The van der Waals surface area contributed by atoms with Gasteiger partial charge in [0.15, 0.2) is 12.0 Å². The summed E-state index contributed by atoms with van der Waals surface area (Å²) in [4.78, 5) is 16.1. The molecule has 3 heterocycles. The van der Waals surface area contributed by atoms with Crippen molar-refractivity contribution in [3.05, 3.63) is 57.7 Å². The quantitative estimate of drug-likeness (QED) is 0.644. The number of fused-ring (bicyclic) bond motifs is 3. The van der Waals surface area contributed by atoms with Crippen molar-refractivity contribution in [3.63, 3.8) is 0 Å². The van der Waals surface area contributed by atoms with Crippen LogP contribution in [0.15, 0.2) is 49.2 Å². The summed E-state index contributed by atoms with van der Waals surface area (Å²) in [6, 6.07) is 8.00. The molecule has 0 saturated carbocycles. The minimum atomic E-state index is -0.707. The lowest BCUT2D eigenvalue weighted by Gasteiger charge is -2.33. The first kappa shape index (κ1) is 18.6. The molecule has 7 nitrogen and oxygen atoms in total. The zero-order valence-corrected chi connectivity index (χ0v) is 16.6. The second-order valence-corrected chi connectivity index (χ2v) is 7.12. The SMILES string of the molecule is CCC1=C(C(C)CC)Nc2nc3ccccc3n2C1OCc1oc(=O)oc1C.[HH]. The molecule has 4 rings (SSSR count). The number of rotatable bonds is 6. The van der Waals surface area contributed by atoms with Gasteiger partial charge in [0.1, 0.15) is 12.4 Å². The van der Waals surface area contributed by atoms with E-state index in [2.05, 4.69) is 30.7 Å². The predicted molar refractivity (Wildman–Crippen MR) is 108 cm³/mol. The molecule has 0 bridgehead atoms. The molecular weight excluding hydrogens is 358 g/mol. The zero-order chi connectivity index (χ0) is 19.8. The summed E-state index contributed by atoms with van der Waals surface area (Å²) in [5.41, 5.74) is 4.23. The molecule has 28 heavy (non-hydrogen) atoms. The maximum Gasteiger partial charge on any atom is 0.519 e. The molecule has 1 N–H and O–H groups in total. The van der Waals surface area contributed by atoms with Gasteiger partial charge in [0.25, 0.3) is 0 Å². The molecule has 0 amide bonds. The van der Waals surface area contributed by atoms with Crippen LogP contribution >= 0.6 is 0 Å². The standard InChI is InChI=1S/C21H25N3O4.H2/c1-5-12(3)18-14(6-2)19(26-11-17-13(4)27-21(25)28-17)24-16-10-8-7-9-15(16)22-20(24)23-18;/h7-10,12,19H,5-6,11H2,1-4H3,(H,22,23);1H. The molecule has 0 aliphatic carbocycles. The Hall–Kier alpha value is -2.80. The Bertz CT molecular complexity index is 1090. The van der Waals surface area contributed by atoms with Crippen molar-refractivity contribution >= 4 is 17.0 Å². The fraction of sp³-hybridized carbons (Fsp3) is 0.429. The molecule has 0 fully saturated rings. The van der Waals surface area contributed by atoms with Crippen LogP contribution in [0.4, 0.5) is 5.95 Å². The summed E-state index contributed by atoms with van der Waals surface area (Å²) in [6.07, 6.45) is 1.50. The fourth-order valence-corrected chi connectivity index (χ4v) is 3.70. The number of anilines is 1. The van der Waals surface area contributed by atoms with Crippen LogP contribution in [0.1, 0.15) is 52.8 Å². The number of nitrogens with one attached hydrogen (secondary N) is 1. The largest absolute Gasteiger partial charge is 0.519 e. The molecule has 2 unspecified atom stereocenters. The van der Waals surface area contributed by atoms with Crippen molar-refractivity contribution in [2.75, 3.05) is 5.32 Å². The molecule has 150 valence electrons. The third kappa shape index (κ3) is 3.05. The Morgan fingerprint density at radius 3 is 2.79 bits per heavy atom. The number of benzene rings is 1. The molecule has 0 spiro atoms.